The van der Waals surface area contributed by atoms with Crippen LogP contribution in [0.3, 0.4) is 0 Å². The highest BCUT2D eigenvalue weighted by molar-refractivity contribution is 6.74. The van der Waals surface area contributed by atoms with E-state index in [2.05, 4.69) is 44.3 Å². The molecule has 264 valence electrons. The lowest BCUT2D eigenvalue weighted by atomic mass is 10.1. The Morgan fingerprint density at radius 2 is 1.77 bits per heavy atom. The van der Waals surface area contributed by atoms with E-state index >= 15 is 0 Å². The zero-order chi connectivity index (χ0) is 35.3. The van der Waals surface area contributed by atoms with Gasteiger partial charge in [0.05, 0.1) is 18.5 Å². The zero-order valence-corrected chi connectivity index (χ0v) is 30.8. The van der Waals surface area contributed by atoms with Gasteiger partial charge in [0.25, 0.3) is 0 Å². The van der Waals surface area contributed by atoms with Gasteiger partial charge in [0.15, 0.2) is 19.8 Å². The summed E-state index contributed by atoms with van der Waals surface area (Å²) in [6, 6.07) is 8.79. The molecular formula is C34H52N6O7Si. The summed E-state index contributed by atoms with van der Waals surface area (Å²) in [5.74, 6) is 1.63. The number of carboxylic acid groups (broad SMARTS) is 1. The van der Waals surface area contributed by atoms with Crippen molar-refractivity contribution in [3.05, 3.63) is 42.1 Å². The van der Waals surface area contributed by atoms with E-state index in [0.717, 1.165) is 12.8 Å². The van der Waals surface area contributed by atoms with Crippen molar-refractivity contribution in [1.82, 2.24) is 19.5 Å². The van der Waals surface area contributed by atoms with E-state index < -0.39 is 26.1 Å². The van der Waals surface area contributed by atoms with E-state index in [1.807, 2.05) is 20.8 Å². The van der Waals surface area contributed by atoms with E-state index in [0.29, 0.717) is 73.6 Å². The van der Waals surface area contributed by atoms with Crippen molar-refractivity contribution in [2.75, 3.05) is 50.2 Å². The topological polar surface area (TPSA) is 140 Å². The lowest BCUT2D eigenvalue weighted by Crippen LogP contribution is -2.45. The Morgan fingerprint density at radius 1 is 1.06 bits per heavy atom. The third kappa shape index (κ3) is 9.17. The Hall–Kier alpha value is -3.88. The second kappa shape index (κ2) is 15.1. The number of nitrogens with one attached hydrogen (secondary N) is 1. The number of aromatic nitrogens is 3. The zero-order valence-electron chi connectivity index (χ0n) is 29.8. The van der Waals surface area contributed by atoms with Crippen LogP contribution >= 0.6 is 0 Å². The number of methoxy groups -OCH3 is 1. The summed E-state index contributed by atoms with van der Waals surface area (Å²) in [4.78, 5) is 34.0. The normalized spacial score (nSPS) is 15.8. The standard InChI is InChI=1S/C34H52N6O7Si/c1-33(2,3)47-32(43)39(25-12-14-26(15-13-25)45-22-21-44-7)30-27(17-20-46-48(8,9)34(4,5)6)29(37-28-16-18-35-40(28)30)36-24-11-10-19-38(23-24)31(41)42/h12-16,18,24H,10-11,17,19-23H2,1-9H3,(H,36,37)(H,41,42). The maximum Gasteiger partial charge on any atom is 0.420 e. The fourth-order valence-electron chi connectivity index (χ4n) is 5.18. The van der Waals surface area contributed by atoms with Gasteiger partial charge in [-0.05, 0) is 76.0 Å². The number of carbonyl (C=O) groups is 2. The van der Waals surface area contributed by atoms with Crippen molar-refractivity contribution in [1.29, 1.82) is 0 Å². The second-order valence-electron chi connectivity index (χ2n) is 14.6. The van der Waals surface area contributed by atoms with E-state index in [-0.39, 0.29) is 11.1 Å². The predicted octanol–water partition coefficient (Wildman–Crippen LogP) is 6.95. The second-order valence-corrected chi connectivity index (χ2v) is 19.4. The average molecular weight is 685 g/mol. The summed E-state index contributed by atoms with van der Waals surface area (Å²) in [5.41, 5.74) is 0.965. The van der Waals surface area contributed by atoms with Crippen LogP contribution < -0.4 is 15.0 Å². The number of anilines is 3. The van der Waals surface area contributed by atoms with Crippen molar-refractivity contribution in [3.8, 4) is 5.75 Å². The number of ether oxygens (including phenoxy) is 3. The molecule has 1 aliphatic rings. The van der Waals surface area contributed by atoms with Crippen LogP contribution in [0, 0.1) is 0 Å². The van der Waals surface area contributed by atoms with Gasteiger partial charge in [-0.1, -0.05) is 20.8 Å². The van der Waals surface area contributed by atoms with Crippen molar-refractivity contribution in [2.24, 2.45) is 0 Å². The molecule has 2 amide bonds. The van der Waals surface area contributed by atoms with Gasteiger partial charge in [-0.15, -0.1) is 0 Å². The fourth-order valence-corrected chi connectivity index (χ4v) is 6.23. The number of hydrogen-bond acceptors (Lipinski definition) is 9. The third-order valence-corrected chi connectivity index (χ3v) is 13.2. The van der Waals surface area contributed by atoms with Gasteiger partial charge in [-0.25, -0.2) is 19.5 Å². The number of amides is 2. The van der Waals surface area contributed by atoms with Crippen molar-refractivity contribution in [2.45, 2.75) is 90.6 Å². The molecule has 0 saturated carbocycles. The average Bonchev–Trinajstić information content (AvgIpc) is 3.46. The number of likely N-dealkylation sites (tertiary alicyclic amines) is 1. The molecule has 13 nitrogen and oxygen atoms in total. The van der Waals surface area contributed by atoms with Crippen LogP contribution in [-0.2, 0) is 20.3 Å². The Bertz CT molecular complexity index is 1550. The molecule has 4 rings (SSSR count). The first-order valence-corrected chi connectivity index (χ1v) is 19.4. The minimum absolute atomic E-state index is 0.000886. The SMILES string of the molecule is COCCOc1ccc(N(C(=O)OC(C)(C)C)c2c(CCO[Si](C)(C)C(C)(C)C)c(NC3CCCN(C(=O)O)C3)nc3ccnn23)cc1. The summed E-state index contributed by atoms with van der Waals surface area (Å²) in [7, 11) is -0.511. The highest BCUT2D eigenvalue weighted by Crippen LogP contribution is 2.39. The molecule has 1 aromatic carbocycles. The van der Waals surface area contributed by atoms with Gasteiger partial charge >= 0.3 is 12.2 Å². The Kier molecular flexibility index (Phi) is 11.6. The van der Waals surface area contributed by atoms with E-state index in [1.165, 1.54) is 9.80 Å². The van der Waals surface area contributed by atoms with Gasteiger partial charge in [0.2, 0.25) is 0 Å². The smallest absolute Gasteiger partial charge is 0.420 e. The van der Waals surface area contributed by atoms with Crippen LogP contribution in [0.25, 0.3) is 5.65 Å². The maximum atomic E-state index is 14.2. The van der Waals surface area contributed by atoms with Crippen LogP contribution in [-0.4, -0.2) is 96.8 Å². The highest BCUT2D eigenvalue weighted by atomic mass is 28.4. The van der Waals surface area contributed by atoms with Gasteiger partial charge in [-0.2, -0.15) is 9.61 Å². The number of piperidine rings is 1. The number of carbonyl (C=O) groups excluding carboxylic acids is 1. The predicted molar refractivity (Wildman–Crippen MR) is 188 cm³/mol. The van der Waals surface area contributed by atoms with E-state index in [9.17, 15) is 14.7 Å². The number of hydrogen-bond donors (Lipinski definition) is 2. The molecule has 0 radical (unpaired) electrons. The van der Waals surface area contributed by atoms with Gasteiger partial charge in [0, 0.05) is 50.9 Å². The molecule has 48 heavy (non-hydrogen) atoms. The van der Waals surface area contributed by atoms with E-state index in [1.54, 1.807) is 48.2 Å². The monoisotopic (exact) mass is 684 g/mol. The van der Waals surface area contributed by atoms with Crippen LogP contribution in [0.4, 0.5) is 26.9 Å². The molecule has 2 aromatic heterocycles. The van der Waals surface area contributed by atoms with E-state index in [4.69, 9.17) is 23.6 Å². The van der Waals surface area contributed by atoms with Gasteiger partial charge < -0.3 is 34.0 Å². The molecule has 3 heterocycles. The number of benzene rings is 1. The number of fused-ring (bicyclic) bond motifs is 1. The quantitative estimate of drug-likeness (QED) is 0.152. The lowest BCUT2D eigenvalue weighted by molar-refractivity contribution is 0.0597. The molecule has 0 bridgehead atoms. The summed E-state index contributed by atoms with van der Waals surface area (Å²) < 4.78 is 25.2. The number of rotatable bonds is 12. The maximum absolute atomic E-state index is 14.2. The summed E-state index contributed by atoms with van der Waals surface area (Å²) in [5, 5.41) is 17.9. The molecular weight excluding hydrogens is 632 g/mol. The van der Waals surface area contributed by atoms with Crippen molar-refractivity contribution < 1.29 is 33.3 Å². The Labute approximate surface area is 284 Å². The van der Waals surface area contributed by atoms with Crippen molar-refractivity contribution in [3.63, 3.8) is 0 Å². The van der Waals surface area contributed by atoms with Crippen LogP contribution in [0.2, 0.25) is 18.1 Å². The molecule has 1 fully saturated rings. The molecule has 1 aliphatic heterocycles. The van der Waals surface area contributed by atoms with Crippen LogP contribution in [0.15, 0.2) is 36.5 Å². The number of nitrogens with zero attached hydrogens (tertiary/aromatic N) is 5. The molecule has 1 saturated heterocycles. The van der Waals surface area contributed by atoms with Crippen LogP contribution in [0.5, 0.6) is 5.75 Å². The van der Waals surface area contributed by atoms with Gasteiger partial charge in [-0.3, -0.25) is 0 Å². The molecule has 0 spiro atoms. The third-order valence-electron chi connectivity index (χ3n) is 8.70. The van der Waals surface area contributed by atoms with Crippen molar-refractivity contribution >= 4 is 43.5 Å². The van der Waals surface area contributed by atoms with Gasteiger partial charge in [0.1, 0.15) is 23.8 Å². The molecule has 0 aliphatic carbocycles. The fraction of sp³-hybridized carbons (Fsp3) is 0.588. The summed E-state index contributed by atoms with van der Waals surface area (Å²) in [6.07, 6.45) is 1.99. The largest absolute Gasteiger partial charge is 0.491 e. The first-order valence-electron chi connectivity index (χ1n) is 16.5. The summed E-state index contributed by atoms with van der Waals surface area (Å²) >= 11 is 0. The molecule has 2 N–H and O–H groups in total. The highest BCUT2D eigenvalue weighted by Gasteiger charge is 2.38. The lowest BCUT2D eigenvalue weighted by Gasteiger charge is -2.36. The summed E-state index contributed by atoms with van der Waals surface area (Å²) in [6.45, 7) is 18.5. The molecule has 1 unspecified atom stereocenters. The Morgan fingerprint density at radius 3 is 2.40 bits per heavy atom. The minimum atomic E-state index is -2.13. The minimum Gasteiger partial charge on any atom is -0.491 e. The van der Waals surface area contributed by atoms with Crippen LogP contribution in [0.1, 0.15) is 59.9 Å². The Balaban J connectivity index is 1.87. The first-order chi connectivity index (χ1) is 22.5. The molecule has 14 heteroatoms. The first kappa shape index (κ1) is 36.9. The molecule has 3 aromatic rings. The molecule has 1 atom stereocenters.